The summed E-state index contributed by atoms with van der Waals surface area (Å²) in [7, 11) is -9.16. The molecule has 0 aliphatic heterocycles. The summed E-state index contributed by atoms with van der Waals surface area (Å²) in [5.41, 5.74) is -0.251. The molecule has 0 spiro atoms. The Morgan fingerprint density at radius 1 is 0.864 bits per heavy atom. The second kappa shape index (κ2) is 25.7. The largest absolute Gasteiger partial charge is 1.00 e. The number of anilines is 3. The maximum atomic E-state index is 12.9. The van der Waals surface area contributed by atoms with Crippen LogP contribution in [0.2, 0.25) is 10.6 Å². The molecule has 298 valence electrons. The van der Waals surface area contributed by atoms with Crippen molar-refractivity contribution in [2.24, 2.45) is 10.2 Å². The maximum absolute atomic E-state index is 12.9. The van der Waals surface area contributed by atoms with Gasteiger partial charge in [-0.05, 0) is 83.9 Å². The summed E-state index contributed by atoms with van der Waals surface area (Å²) in [6, 6.07) is 14.4. The molecule has 59 heavy (non-hydrogen) atoms. The van der Waals surface area contributed by atoms with Crippen molar-refractivity contribution in [3.05, 3.63) is 82.9 Å². The molecule has 30 heteroatoms. The first kappa shape index (κ1) is 55.7. The number of hydrogen-bond acceptors (Lipinski definition) is 22. The van der Waals surface area contributed by atoms with Crippen LogP contribution in [-0.2, 0) is 42.9 Å². The van der Waals surface area contributed by atoms with Crippen LogP contribution in [0.25, 0.3) is 10.8 Å². The van der Waals surface area contributed by atoms with Crippen LogP contribution >= 0.6 is 47.6 Å². The molecule has 0 atom stereocenters. The van der Waals surface area contributed by atoms with Crippen LogP contribution in [0.15, 0.2) is 91.6 Å². The van der Waals surface area contributed by atoms with E-state index in [4.69, 9.17) is 27.4 Å². The zero-order valence-corrected chi connectivity index (χ0v) is 40.4. The van der Waals surface area contributed by atoms with Gasteiger partial charge in [-0.1, -0.05) is 13.5 Å². The van der Waals surface area contributed by atoms with Gasteiger partial charge in [0.2, 0.25) is 16.5 Å². The average molecular weight is 961 g/mol. The number of fused-ring (bicyclic) bond motifs is 1. The number of phenols is 1. The molecule has 0 saturated heterocycles. The normalized spacial score (nSPS) is 11.2. The number of aromatic nitrogens is 3. The third-order valence-electron chi connectivity index (χ3n) is 6.80. The molecule has 0 bridgehead atoms. The first-order valence-electron chi connectivity index (χ1n) is 14.4. The second-order valence-electron chi connectivity index (χ2n) is 10.2. The van der Waals surface area contributed by atoms with E-state index >= 15 is 0 Å². The van der Waals surface area contributed by atoms with E-state index in [2.05, 4.69) is 54.6 Å². The summed E-state index contributed by atoms with van der Waals surface area (Å²) in [5, 5.41) is 50.1. The number of carbonyl (C=O) groups excluding carboxylic acids is 1. The molecule has 4 aromatic carbocycles. The Balaban J connectivity index is 0.00000435. The maximum Gasteiger partial charge on any atom is 1.00 e. The summed E-state index contributed by atoms with van der Waals surface area (Å²) in [4.78, 5) is 22.9. The smallest absolute Gasteiger partial charge is 0.744 e. The minimum absolute atomic E-state index is 0. The van der Waals surface area contributed by atoms with Gasteiger partial charge < -0.3 is 30.8 Å². The quantitative estimate of drug-likeness (QED) is 0.0151. The van der Waals surface area contributed by atoms with Crippen molar-refractivity contribution in [2.75, 3.05) is 23.0 Å². The van der Waals surface area contributed by atoms with Crippen molar-refractivity contribution in [3.8, 4) is 5.75 Å². The number of halogens is 2. The van der Waals surface area contributed by atoms with E-state index in [1.54, 1.807) is 0 Å². The predicted octanol–water partition coefficient (Wildman–Crippen LogP) is -4.19. The Morgan fingerprint density at radius 3 is 2.15 bits per heavy atom. The molecule has 5 rings (SSSR count). The van der Waals surface area contributed by atoms with Gasteiger partial charge >= 0.3 is 88.7 Å². The van der Waals surface area contributed by atoms with Crippen molar-refractivity contribution in [1.29, 1.82) is 0 Å². The second-order valence-corrected chi connectivity index (χ2v) is 15.5. The Morgan fingerprint density at radius 2 is 1.53 bits per heavy atom. The van der Waals surface area contributed by atoms with Gasteiger partial charge in [0.05, 0.1) is 50.5 Å². The molecule has 0 fully saturated rings. The van der Waals surface area contributed by atoms with E-state index < -0.39 is 42.3 Å². The molecule has 3 N–H and O–H groups in total. The van der Waals surface area contributed by atoms with Crippen molar-refractivity contribution in [1.82, 2.24) is 15.0 Å². The predicted molar refractivity (Wildman–Crippen MR) is 194 cm³/mol. The fourth-order valence-corrected chi connectivity index (χ4v) is 7.68. The first-order valence-corrected chi connectivity index (χ1v) is 19.6. The van der Waals surface area contributed by atoms with Gasteiger partial charge in [0, 0.05) is 22.0 Å². The molecule has 1 amide bonds. The van der Waals surface area contributed by atoms with Gasteiger partial charge in [-0.15, -0.1) is 9.45 Å². The van der Waals surface area contributed by atoms with E-state index in [0.29, 0.717) is 0 Å². The zero-order chi connectivity index (χ0) is 39.8. The summed E-state index contributed by atoms with van der Waals surface area (Å²) in [6.45, 7) is -0.332. The molecule has 0 aliphatic carbocycles. The van der Waals surface area contributed by atoms with Crippen molar-refractivity contribution in [2.45, 2.75) is 22.1 Å². The van der Waals surface area contributed by atoms with E-state index in [1.807, 2.05) is 0 Å². The molecule has 5 aromatic rings. The summed E-state index contributed by atoms with van der Waals surface area (Å²) in [6.07, 6.45) is 0. The molecular formula is C29H22Cl2N7Na3O14S4. The van der Waals surface area contributed by atoms with E-state index in [1.165, 1.54) is 54.6 Å². The van der Waals surface area contributed by atoms with E-state index in [0.717, 1.165) is 12.1 Å². The van der Waals surface area contributed by atoms with Crippen molar-refractivity contribution >= 4 is 113 Å². The van der Waals surface area contributed by atoms with Gasteiger partial charge in [-0.2, -0.15) is 24.4 Å². The summed E-state index contributed by atoms with van der Waals surface area (Å²) >= 11 is 12.0. The molecule has 0 aliphatic rings. The van der Waals surface area contributed by atoms with Gasteiger partial charge in [-0.25, -0.2) is 16.8 Å². The SMILES string of the molecule is C.O=C(Nc1cccc(S(=O)(=O)CCOSOO[O-])c1)c1ccc(N=Nc2c(SOO[O-])cc3c(S(=O)(=O)[O-])c(Nc4nc(Cl)nc(Cl)n4)ccc3c2O)cc1.[Na+].[Na+].[Na+]. The number of nitrogens with one attached hydrogen (secondary N) is 2. The number of azo groups is 1. The topological polar surface area (TPSA) is 308 Å². The third-order valence-corrected chi connectivity index (χ3v) is 10.7. The van der Waals surface area contributed by atoms with Crippen LogP contribution in [-0.4, -0.2) is 59.7 Å². The molecule has 0 unspecified atom stereocenters. The monoisotopic (exact) mass is 959 g/mol. The molecule has 1 aromatic heterocycles. The van der Waals surface area contributed by atoms with Crippen molar-refractivity contribution < 1.29 is 153 Å². The molecule has 0 radical (unpaired) electrons. The Hall–Kier alpha value is -1.32. The van der Waals surface area contributed by atoms with Crippen LogP contribution in [0.5, 0.6) is 5.75 Å². The number of sulfone groups is 1. The molecule has 0 saturated carbocycles. The number of aromatic hydroxyl groups is 1. The Bertz CT molecular complexity index is 2470. The zero-order valence-electron chi connectivity index (χ0n) is 29.6. The number of carbonyl (C=O) groups is 1. The fraction of sp³-hybridized carbons (Fsp3) is 0.103. The minimum Gasteiger partial charge on any atom is -0.744 e. The summed E-state index contributed by atoms with van der Waals surface area (Å²) in [5.74, 6) is -2.09. The fourth-order valence-electron chi connectivity index (χ4n) is 4.56. The van der Waals surface area contributed by atoms with Crippen molar-refractivity contribution in [3.63, 3.8) is 0 Å². The van der Waals surface area contributed by atoms with Crippen LogP contribution < -0.4 is 110 Å². The summed E-state index contributed by atoms with van der Waals surface area (Å²) < 4.78 is 75.8. The van der Waals surface area contributed by atoms with Crippen LogP contribution in [0.3, 0.4) is 0 Å². The Kier molecular flexibility index (Phi) is 24.3. The Labute approximate surface area is 420 Å². The number of rotatable bonds is 17. The molecule has 21 nitrogen and oxygen atoms in total. The van der Waals surface area contributed by atoms with Gasteiger partial charge in [0.25, 0.3) is 5.91 Å². The number of hydrogen-bond donors (Lipinski definition) is 3. The molecule has 1 heterocycles. The third kappa shape index (κ3) is 15.5. The van der Waals surface area contributed by atoms with Crippen LogP contribution in [0, 0.1) is 0 Å². The number of nitrogens with zero attached hydrogens (tertiary/aromatic N) is 5. The van der Waals surface area contributed by atoms with E-state index in [9.17, 15) is 41.8 Å². The number of amides is 1. The van der Waals surface area contributed by atoms with Gasteiger partial charge in [0.15, 0.2) is 27.9 Å². The average Bonchev–Trinajstić information content (AvgIpc) is 3.13. The van der Waals surface area contributed by atoms with E-state index in [-0.39, 0.29) is 192 Å². The standard InChI is InChI=1S/C28H21Cl2N7O14S4.CH4.3Na/c29-26-33-27(30)35-28(34-26)32-20-9-8-18-19(24(20)55(44,45)46)13-21(52-50-48-40)22(23(18)38)37-36-15-6-4-14(5-7-15)25(39)31-16-2-1-3-17(12-16)54(42,43)11-10-47-53-51-49-41;;;;/h1-9,12-13,38,40-41H,10-11H2,(H,31,39)(H,44,45,46)(H,32,33,34,35);1H4;;;/q;;3*+1/p-3. The minimum atomic E-state index is -5.31. The first-order chi connectivity index (χ1) is 26.2. The number of benzene rings is 4. The van der Waals surface area contributed by atoms with Crippen LogP contribution in [0.4, 0.5) is 28.7 Å². The van der Waals surface area contributed by atoms with Crippen LogP contribution in [0.1, 0.15) is 17.8 Å². The molecular weight excluding hydrogens is 938 g/mol. The number of phenolic OH excluding ortho intramolecular Hbond substituents is 1. The van der Waals surface area contributed by atoms with Gasteiger partial charge in [-0.3, -0.25) is 19.1 Å². The van der Waals surface area contributed by atoms with Gasteiger partial charge in [0.1, 0.15) is 15.8 Å².